The monoisotopic (exact) mass is 220 g/mol. The fourth-order valence-corrected chi connectivity index (χ4v) is 1.90. The first-order chi connectivity index (χ1) is 7.24. The number of hydrogen-bond donors (Lipinski definition) is 1. The van der Waals surface area contributed by atoms with Crippen molar-refractivity contribution in [3.63, 3.8) is 0 Å². The van der Waals surface area contributed by atoms with E-state index >= 15 is 0 Å². The largest absolute Gasteiger partial charge is 0.397 e. The molecule has 0 atom stereocenters. The van der Waals surface area contributed by atoms with Gasteiger partial charge in [-0.25, -0.2) is 9.37 Å². The van der Waals surface area contributed by atoms with Gasteiger partial charge in [0.15, 0.2) is 0 Å². The minimum Gasteiger partial charge on any atom is -0.397 e. The highest BCUT2D eigenvalue weighted by Crippen LogP contribution is 2.26. The quantitative estimate of drug-likeness (QED) is 0.845. The molecule has 1 aromatic heterocycles. The van der Waals surface area contributed by atoms with Crippen LogP contribution in [0.4, 0.5) is 10.1 Å². The number of benzene rings is 1. The standard InChI is InChI=1S/C11H9FN2S/c12-8-2-1-3-10(6-8)15-11-5-4-9(13)7-14-11/h1-7H,13H2. The molecular formula is C11H9FN2S. The lowest BCUT2D eigenvalue weighted by Gasteiger charge is -2.00. The van der Waals surface area contributed by atoms with Crippen molar-refractivity contribution in [1.29, 1.82) is 0 Å². The van der Waals surface area contributed by atoms with Gasteiger partial charge >= 0.3 is 0 Å². The number of halogens is 1. The van der Waals surface area contributed by atoms with Crippen LogP contribution in [0.25, 0.3) is 0 Å². The molecule has 0 aliphatic carbocycles. The summed E-state index contributed by atoms with van der Waals surface area (Å²) in [7, 11) is 0. The van der Waals surface area contributed by atoms with E-state index in [0.29, 0.717) is 5.69 Å². The van der Waals surface area contributed by atoms with Crippen LogP contribution in [0.5, 0.6) is 0 Å². The van der Waals surface area contributed by atoms with E-state index in [2.05, 4.69) is 4.98 Å². The van der Waals surface area contributed by atoms with Gasteiger partial charge in [0, 0.05) is 4.90 Å². The van der Waals surface area contributed by atoms with Crippen molar-refractivity contribution in [1.82, 2.24) is 4.98 Å². The van der Waals surface area contributed by atoms with Crippen LogP contribution in [0.1, 0.15) is 0 Å². The van der Waals surface area contributed by atoms with Crippen molar-refractivity contribution in [3.05, 3.63) is 48.4 Å². The molecule has 0 spiro atoms. The zero-order valence-corrected chi connectivity index (χ0v) is 8.67. The Kier molecular flexibility index (Phi) is 2.87. The van der Waals surface area contributed by atoms with E-state index in [4.69, 9.17) is 5.73 Å². The summed E-state index contributed by atoms with van der Waals surface area (Å²) in [6.45, 7) is 0. The average molecular weight is 220 g/mol. The highest BCUT2D eigenvalue weighted by Gasteiger charge is 1.99. The third kappa shape index (κ3) is 2.70. The molecule has 0 bridgehead atoms. The van der Waals surface area contributed by atoms with Gasteiger partial charge in [0.05, 0.1) is 11.9 Å². The fourth-order valence-electron chi connectivity index (χ4n) is 1.10. The summed E-state index contributed by atoms with van der Waals surface area (Å²) in [5, 5.41) is 0.801. The molecule has 0 amide bonds. The number of pyridine rings is 1. The molecule has 0 aliphatic heterocycles. The zero-order chi connectivity index (χ0) is 10.7. The lowest BCUT2D eigenvalue weighted by molar-refractivity contribution is 0.624. The molecule has 1 heterocycles. The maximum Gasteiger partial charge on any atom is 0.124 e. The van der Waals surface area contributed by atoms with Gasteiger partial charge < -0.3 is 5.73 Å². The number of rotatable bonds is 2. The van der Waals surface area contributed by atoms with E-state index in [9.17, 15) is 4.39 Å². The van der Waals surface area contributed by atoms with E-state index in [-0.39, 0.29) is 5.82 Å². The van der Waals surface area contributed by atoms with Crippen molar-refractivity contribution in [2.75, 3.05) is 5.73 Å². The van der Waals surface area contributed by atoms with Crippen LogP contribution in [0.3, 0.4) is 0 Å². The first-order valence-electron chi connectivity index (χ1n) is 4.39. The number of nitrogen functional groups attached to an aromatic ring is 1. The normalized spacial score (nSPS) is 10.2. The Morgan fingerprint density at radius 1 is 1.20 bits per heavy atom. The Morgan fingerprint density at radius 3 is 2.73 bits per heavy atom. The minimum absolute atomic E-state index is 0.240. The first kappa shape index (κ1) is 9.98. The molecule has 0 fully saturated rings. The topological polar surface area (TPSA) is 38.9 Å². The summed E-state index contributed by atoms with van der Waals surface area (Å²) in [5.74, 6) is -0.240. The van der Waals surface area contributed by atoms with Gasteiger partial charge in [-0.05, 0) is 30.3 Å². The predicted octanol–water partition coefficient (Wildman–Crippen LogP) is 2.95. The van der Waals surface area contributed by atoms with E-state index in [1.54, 1.807) is 18.3 Å². The second-order valence-electron chi connectivity index (χ2n) is 2.99. The summed E-state index contributed by atoms with van der Waals surface area (Å²) in [6.07, 6.45) is 1.58. The van der Waals surface area contributed by atoms with E-state index in [1.807, 2.05) is 12.1 Å². The fraction of sp³-hybridized carbons (Fsp3) is 0. The van der Waals surface area contributed by atoms with Crippen LogP contribution in [0.15, 0.2) is 52.5 Å². The smallest absolute Gasteiger partial charge is 0.124 e. The predicted molar refractivity (Wildman–Crippen MR) is 59.2 cm³/mol. The molecule has 0 unspecified atom stereocenters. The summed E-state index contributed by atoms with van der Waals surface area (Å²) in [5.41, 5.74) is 6.14. The third-order valence-electron chi connectivity index (χ3n) is 1.78. The van der Waals surface area contributed by atoms with E-state index in [1.165, 1.54) is 23.9 Å². The molecule has 0 saturated carbocycles. The molecule has 2 aromatic rings. The Labute approximate surface area is 91.3 Å². The van der Waals surface area contributed by atoms with Crippen LogP contribution in [0.2, 0.25) is 0 Å². The Hall–Kier alpha value is -1.55. The Morgan fingerprint density at radius 2 is 2.07 bits per heavy atom. The molecular weight excluding hydrogens is 211 g/mol. The summed E-state index contributed by atoms with van der Waals surface area (Å²) in [4.78, 5) is 4.94. The number of nitrogens with zero attached hydrogens (tertiary/aromatic N) is 1. The summed E-state index contributed by atoms with van der Waals surface area (Å²) < 4.78 is 12.9. The van der Waals surface area contributed by atoms with Gasteiger partial charge in [0.2, 0.25) is 0 Å². The molecule has 0 saturated heterocycles. The van der Waals surface area contributed by atoms with Crippen molar-refractivity contribution < 1.29 is 4.39 Å². The SMILES string of the molecule is Nc1ccc(Sc2cccc(F)c2)nc1. The number of nitrogens with two attached hydrogens (primary N) is 1. The van der Waals surface area contributed by atoms with Crippen molar-refractivity contribution >= 4 is 17.4 Å². The molecule has 2 N–H and O–H groups in total. The Bertz CT molecular complexity index is 456. The molecule has 1 aromatic carbocycles. The third-order valence-corrected chi connectivity index (χ3v) is 2.72. The summed E-state index contributed by atoms with van der Waals surface area (Å²) in [6, 6.07) is 9.99. The zero-order valence-electron chi connectivity index (χ0n) is 7.85. The maximum atomic E-state index is 12.9. The van der Waals surface area contributed by atoms with Crippen LogP contribution in [0, 0.1) is 5.82 Å². The lowest BCUT2D eigenvalue weighted by Crippen LogP contribution is -1.86. The second-order valence-corrected chi connectivity index (χ2v) is 4.08. The van der Waals surface area contributed by atoms with Gasteiger partial charge in [-0.15, -0.1) is 0 Å². The molecule has 15 heavy (non-hydrogen) atoms. The first-order valence-corrected chi connectivity index (χ1v) is 5.20. The molecule has 2 rings (SSSR count). The van der Waals surface area contributed by atoms with Crippen LogP contribution in [-0.4, -0.2) is 4.98 Å². The van der Waals surface area contributed by atoms with Crippen LogP contribution in [-0.2, 0) is 0 Å². The molecule has 4 heteroatoms. The number of hydrogen-bond acceptors (Lipinski definition) is 3. The van der Waals surface area contributed by atoms with Crippen molar-refractivity contribution in [2.45, 2.75) is 9.92 Å². The number of anilines is 1. The minimum atomic E-state index is -0.240. The van der Waals surface area contributed by atoms with Crippen LogP contribution >= 0.6 is 11.8 Å². The van der Waals surface area contributed by atoms with Crippen molar-refractivity contribution in [2.24, 2.45) is 0 Å². The number of aromatic nitrogens is 1. The van der Waals surface area contributed by atoms with Gasteiger partial charge in [0.1, 0.15) is 10.8 Å². The summed E-state index contributed by atoms with van der Waals surface area (Å²) >= 11 is 1.40. The molecule has 76 valence electrons. The van der Waals surface area contributed by atoms with E-state index in [0.717, 1.165) is 9.92 Å². The highest BCUT2D eigenvalue weighted by atomic mass is 32.2. The molecule has 0 aliphatic rings. The van der Waals surface area contributed by atoms with Gasteiger partial charge in [0.25, 0.3) is 0 Å². The van der Waals surface area contributed by atoms with Gasteiger partial charge in [-0.2, -0.15) is 0 Å². The van der Waals surface area contributed by atoms with E-state index < -0.39 is 0 Å². The average Bonchev–Trinajstić information content (AvgIpc) is 2.22. The highest BCUT2D eigenvalue weighted by molar-refractivity contribution is 7.99. The van der Waals surface area contributed by atoms with Crippen molar-refractivity contribution in [3.8, 4) is 0 Å². The lowest BCUT2D eigenvalue weighted by atomic mass is 10.4. The van der Waals surface area contributed by atoms with Crippen LogP contribution < -0.4 is 5.73 Å². The maximum absolute atomic E-state index is 12.9. The molecule has 0 radical (unpaired) electrons. The Balaban J connectivity index is 2.18. The van der Waals surface area contributed by atoms with Gasteiger partial charge in [-0.3, -0.25) is 0 Å². The second kappa shape index (κ2) is 4.31. The molecule has 2 nitrogen and oxygen atoms in total. The van der Waals surface area contributed by atoms with Gasteiger partial charge in [-0.1, -0.05) is 17.8 Å².